The maximum Gasteiger partial charge on any atom is 0.573 e. The van der Waals surface area contributed by atoms with Crippen molar-refractivity contribution in [1.29, 1.82) is 0 Å². The van der Waals surface area contributed by atoms with Crippen LogP contribution in [0.1, 0.15) is 33.8 Å². The Bertz CT molecular complexity index is 1260. The molecule has 36 heavy (non-hydrogen) atoms. The number of halogens is 3. The van der Waals surface area contributed by atoms with Crippen LogP contribution >= 0.6 is 0 Å². The molecule has 0 spiro atoms. The predicted octanol–water partition coefficient (Wildman–Crippen LogP) is 4.98. The van der Waals surface area contributed by atoms with E-state index in [9.17, 15) is 22.8 Å². The third-order valence-corrected chi connectivity index (χ3v) is 5.53. The molecule has 188 valence electrons. The van der Waals surface area contributed by atoms with Crippen molar-refractivity contribution in [2.75, 3.05) is 16.4 Å². The van der Waals surface area contributed by atoms with Gasteiger partial charge in [-0.05, 0) is 47.9 Å². The molecule has 3 aromatic rings. The van der Waals surface area contributed by atoms with Crippen molar-refractivity contribution in [3.63, 3.8) is 0 Å². The van der Waals surface area contributed by atoms with Gasteiger partial charge in [-0.1, -0.05) is 36.4 Å². The number of carbonyl (C=O) groups excluding carboxylic acids is 2. The molecule has 6 N–H and O–H groups in total. The molecule has 1 aliphatic carbocycles. The molecule has 11 heteroatoms. The van der Waals surface area contributed by atoms with E-state index in [1.165, 1.54) is 6.07 Å². The molecule has 0 aromatic heterocycles. The lowest BCUT2D eigenvalue weighted by Crippen LogP contribution is -2.21. The van der Waals surface area contributed by atoms with Crippen molar-refractivity contribution in [3.8, 4) is 5.75 Å². The summed E-state index contributed by atoms with van der Waals surface area (Å²) in [4.78, 5) is 24.8. The number of amides is 2. The van der Waals surface area contributed by atoms with Crippen LogP contribution in [-0.2, 0) is 11.3 Å². The number of benzene rings is 3. The van der Waals surface area contributed by atoms with E-state index in [0.29, 0.717) is 17.2 Å². The fraction of sp³-hybridized carbons (Fsp3) is 0.200. The molecular formula is C25H23F3N4O4. The van der Waals surface area contributed by atoms with E-state index in [-0.39, 0.29) is 29.6 Å². The Morgan fingerprint density at radius 3 is 2.31 bits per heavy atom. The lowest BCUT2D eigenvalue weighted by molar-refractivity contribution is -0.274. The van der Waals surface area contributed by atoms with Gasteiger partial charge in [-0.25, -0.2) is 4.79 Å². The Morgan fingerprint density at radius 2 is 1.67 bits per heavy atom. The van der Waals surface area contributed by atoms with Gasteiger partial charge in [-0.15, -0.1) is 13.2 Å². The number of nitrogens with two attached hydrogens (primary N) is 2. The molecule has 0 bridgehead atoms. The molecule has 2 atom stereocenters. The highest BCUT2D eigenvalue weighted by atomic mass is 19.4. The van der Waals surface area contributed by atoms with Gasteiger partial charge in [0.15, 0.2) is 5.75 Å². The van der Waals surface area contributed by atoms with Crippen molar-refractivity contribution in [3.05, 3.63) is 83.4 Å². The van der Waals surface area contributed by atoms with Gasteiger partial charge in [0.2, 0.25) is 0 Å². The Kier molecular flexibility index (Phi) is 7.02. The van der Waals surface area contributed by atoms with Gasteiger partial charge in [0.1, 0.15) is 6.61 Å². The Morgan fingerprint density at radius 1 is 0.972 bits per heavy atom. The van der Waals surface area contributed by atoms with Crippen LogP contribution in [0.5, 0.6) is 5.75 Å². The molecule has 1 aliphatic rings. The van der Waals surface area contributed by atoms with Gasteiger partial charge in [0.25, 0.3) is 5.91 Å². The molecule has 0 heterocycles. The average molecular weight is 500 g/mol. The first-order valence-corrected chi connectivity index (χ1v) is 10.9. The second-order valence-electron chi connectivity index (χ2n) is 8.25. The van der Waals surface area contributed by atoms with E-state index in [4.69, 9.17) is 16.2 Å². The second-order valence-corrected chi connectivity index (χ2v) is 8.25. The quantitative estimate of drug-likeness (QED) is 0.339. The zero-order chi connectivity index (χ0) is 25.9. The highest BCUT2D eigenvalue weighted by molar-refractivity contribution is 6.06. The summed E-state index contributed by atoms with van der Waals surface area (Å²) < 4.78 is 48.1. The summed E-state index contributed by atoms with van der Waals surface area (Å²) in [6.07, 6.45) is -5.13. The van der Waals surface area contributed by atoms with Crippen LogP contribution < -0.4 is 26.8 Å². The fourth-order valence-electron chi connectivity index (χ4n) is 3.54. The van der Waals surface area contributed by atoms with E-state index < -0.39 is 24.1 Å². The van der Waals surface area contributed by atoms with Crippen LogP contribution in [0.2, 0.25) is 0 Å². The number of para-hydroxylation sites is 2. The van der Waals surface area contributed by atoms with Gasteiger partial charge in [0.05, 0.1) is 17.1 Å². The Balaban J connectivity index is 1.42. The fourth-order valence-corrected chi connectivity index (χ4v) is 3.54. The summed E-state index contributed by atoms with van der Waals surface area (Å²) in [5.74, 6) is -1.16. The minimum atomic E-state index is -5.06. The van der Waals surface area contributed by atoms with Crippen LogP contribution in [0, 0.1) is 0 Å². The Labute approximate surface area is 204 Å². The normalized spacial score (nSPS) is 16.7. The summed E-state index contributed by atoms with van der Waals surface area (Å²) in [7, 11) is 0. The molecule has 4 rings (SSSR count). The molecule has 3 aromatic carbocycles. The van der Waals surface area contributed by atoms with Crippen LogP contribution in [0.25, 0.3) is 0 Å². The number of anilines is 3. The number of alkyl halides is 3. The second kappa shape index (κ2) is 10.2. The number of ether oxygens (including phenoxy) is 2. The predicted molar refractivity (Wildman–Crippen MR) is 128 cm³/mol. The van der Waals surface area contributed by atoms with Gasteiger partial charge >= 0.3 is 12.5 Å². The van der Waals surface area contributed by atoms with Crippen LogP contribution in [0.3, 0.4) is 0 Å². The molecular weight excluding hydrogens is 477 g/mol. The maximum atomic E-state index is 13.0. The van der Waals surface area contributed by atoms with Crippen molar-refractivity contribution < 1.29 is 32.2 Å². The van der Waals surface area contributed by atoms with E-state index in [0.717, 1.165) is 24.1 Å². The molecule has 0 radical (unpaired) electrons. The van der Waals surface area contributed by atoms with Crippen molar-refractivity contribution in [2.45, 2.75) is 31.3 Å². The molecule has 8 nitrogen and oxygen atoms in total. The highest BCUT2D eigenvalue weighted by Crippen LogP contribution is 2.39. The Hall–Kier alpha value is -4.25. The summed E-state index contributed by atoms with van der Waals surface area (Å²) in [5, 5.41) is 4.73. The molecule has 2 amide bonds. The zero-order valence-corrected chi connectivity index (χ0v) is 18.8. The third kappa shape index (κ3) is 6.45. The maximum absolute atomic E-state index is 13.0. The van der Waals surface area contributed by atoms with E-state index in [1.807, 2.05) is 12.1 Å². The van der Waals surface area contributed by atoms with E-state index >= 15 is 0 Å². The first kappa shape index (κ1) is 24.9. The van der Waals surface area contributed by atoms with Gasteiger partial charge in [0, 0.05) is 17.5 Å². The largest absolute Gasteiger partial charge is 0.573 e. The number of nitrogens with one attached hydrogen (secondary N) is 2. The number of hydrogen-bond donors (Lipinski definition) is 4. The summed E-state index contributed by atoms with van der Waals surface area (Å²) in [5.41, 5.74) is 13.5. The molecule has 0 saturated heterocycles. The molecule has 1 saturated carbocycles. The summed E-state index contributed by atoms with van der Waals surface area (Å²) in [6.45, 7) is -0.0999. The number of nitrogen functional groups attached to an aromatic ring is 1. The first-order chi connectivity index (χ1) is 17.1. The lowest BCUT2D eigenvalue weighted by atomic mass is 10.1. The lowest BCUT2D eigenvalue weighted by Gasteiger charge is -2.16. The smallest absolute Gasteiger partial charge is 0.444 e. The molecule has 1 fully saturated rings. The highest BCUT2D eigenvalue weighted by Gasteiger charge is 2.34. The summed E-state index contributed by atoms with van der Waals surface area (Å²) >= 11 is 0. The molecule has 0 aliphatic heterocycles. The van der Waals surface area contributed by atoms with Gasteiger partial charge < -0.3 is 26.3 Å². The SMILES string of the molecule is Nc1ccccc1NC(=O)c1ccc(NC(=O)OCc2ccc(C3C[C@@H]3N)cc2)c(OC(F)(F)F)c1. The topological polar surface area (TPSA) is 129 Å². The third-order valence-electron chi connectivity index (χ3n) is 5.53. The number of rotatable bonds is 7. The number of hydrogen-bond acceptors (Lipinski definition) is 6. The first-order valence-electron chi connectivity index (χ1n) is 10.9. The average Bonchev–Trinajstić information content (AvgIpc) is 3.56. The van der Waals surface area contributed by atoms with Crippen molar-refractivity contribution in [1.82, 2.24) is 0 Å². The van der Waals surface area contributed by atoms with Crippen LogP contribution in [-0.4, -0.2) is 24.4 Å². The zero-order valence-electron chi connectivity index (χ0n) is 18.8. The van der Waals surface area contributed by atoms with Crippen LogP contribution in [0.4, 0.5) is 35.0 Å². The standard InChI is InChI=1S/C25H23F3N4O4/c26-25(27,28)36-22-11-16(23(33)31-20-4-2-1-3-18(20)29)9-10-21(22)32-24(34)35-13-14-5-7-15(8-6-14)17-12-19(17)30/h1-11,17,19H,12-13,29-30H2,(H,31,33)(H,32,34)/t17?,19-/m0/s1. The van der Waals surface area contributed by atoms with Crippen molar-refractivity contribution >= 4 is 29.1 Å². The minimum absolute atomic E-state index is 0.0999. The monoisotopic (exact) mass is 500 g/mol. The minimum Gasteiger partial charge on any atom is -0.444 e. The van der Waals surface area contributed by atoms with Crippen LogP contribution in [0.15, 0.2) is 66.7 Å². The molecule has 1 unspecified atom stereocenters. The van der Waals surface area contributed by atoms with Gasteiger partial charge in [-0.2, -0.15) is 0 Å². The van der Waals surface area contributed by atoms with Crippen molar-refractivity contribution in [2.24, 2.45) is 5.73 Å². The number of carbonyl (C=O) groups is 2. The summed E-state index contributed by atoms with van der Waals surface area (Å²) in [6, 6.07) is 17.2. The van der Waals surface area contributed by atoms with E-state index in [2.05, 4.69) is 15.4 Å². The van der Waals surface area contributed by atoms with E-state index in [1.54, 1.807) is 36.4 Å². The van der Waals surface area contributed by atoms with Gasteiger partial charge in [-0.3, -0.25) is 10.1 Å².